The number of hydrogen-bond acceptors (Lipinski definition) is 3. The van der Waals surface area contributed by atoms with Gasteiger partial charge >= 0.3 is 5.97 Å². The molecule has 0 saturated carbocycles. The normalized spacial score (nSPS) is 11.0. The Morgan fingerprint density at radius 1 is 1.03 bits per heavy atom. The van der Waals surface area contributed by atoms with Gasteiger partial charge in [0.1, 0.15) is 11.4 Å². The van der Waals surface area contributed by atoms with Gasteiger partial charge in [-0.3, -0.25) is 0 Å². The number of fused-ring (bicyclic) bond motifs is 1. The Morgan fingerprint density at radius 2 is 1.77 bits per heavy atom. The van der Waals surface area contributed by atoms with E-state index in [1.54, 1.807) is 7.11 Å². The molecular formula is C25H24N2O3. The van der Waals surface area contributed by atoms with Gasteiger partial charge in [-0.1, -0.05) is 54.6 Å². The summed E-state index contributed by atoms with van der Waals surface area (Å²) in [7, 11) is 3.51. The van der Waals surface area contributed by atoms with Crippen molar-refractivity contribution in [2.75, 3.05) is 14.2 Å². The molecule has 1 aromatic heterocycles. The summed E-state index contributed by atoms with van der Waals surface area (Å²) in [4.78, 5) is 12.5. The summed E-state index contributed by atoms with van der Waals surface area (Å²) in [5.41, 5.74) is 4.87. The number of aromatic nitrogens is 1. The van der Waals surface area contributed by atoms with Crippen molar-refractivity contribution in [2.24, 2.45) is 0 Å². The van der Waals surface area contributed by atoms with Crippen molar-refractivity contribution in [3.63, 3.8) is 0 Å². The van der Waals surface area contributed by atoms with E-state index < -0.39 is 5.97 Å². The lowest BCUT2D eigenvalue weighted by Crippen LogP contribution is -2.11. The van der Waals surface area contributed by atoms with Crippen LogP contribution in [0.5, 0.6) is 5.75 Å². The number of nitrogens with one attached hydrogen (secondary N) is 1. The smallest absolute Gasteiger partial charge is 0.353 e. The third-order valence-electron chi connectivity index (χ3n) is 5.31. The van der Waals surface area contributed by atoms with Crippen LogP contribution in [0.3, 0.4) is 0 Å². The molecule has 4 aromatic rings. The first-order chi connectivity index (χ1) is 14.6. The van der Waals surface area contributed by atoms with Crippen LogP contribution in [0, 0.1) is 0 Å². The van der Waals surface area contributed by atoms with E-state index in [0.29, 0.717) is 18.8 Å². The Morgan fingerprint density at radius 3 is 2.47 bits per heavy atom. The lowest BCUT2D eigenvalue weighted by atomic mass is 9.96. The average molecular weight is 400 g/mol. The quantitative estimate of drug-likeness (QED) is 0.468. The van der Waals surface area contributed by atoms with E-state index in [1.807, 2.05) is 84.4 Å². The van der Waals surface area contributed by atoms with Crippen molar-refractivity contribution in [1.29, 1.82) is 0 Å². The van der Waals surface area contributed by atoms with Gasteiger partial charge in [-0.2, -0.15) is 0 Å². The first-order valence-electron chi connectivity index (χ1n) is 9.84. The highest BCUT2D eigenvalue weighted by atomic mass is 16.5. The summed E-state index contributed by atoms with van der Waals surface area (Å²) in [5, 5.41) is 14.3. The molecule has 2 N–H and O–H groups in total. The Labute approximate surface area is 175 Å². The highest BCUT2D eigenvalue weighted by Crippen LogP contribution is 2.39. The van der Waals surface area contributed by atoms with Crippen molar-refractivity contribution in [3.8, 4) is 16.9 Å². The number of aromatic carboxylic acids is 1. The summed E-state index contributed by atoms with van der Waals surface area (Å²) in [6.07, 6.45) is 0. The number of methoxy groups -OCH3 is 1. The Balaban J connectivity index is 2.06. The minimum atomic E-state index is -0.949. The molecule has 0 amide bonds. The molecule has 0 fully saturated rings. The molecule has 0 spiro atoms. The fraction of sp³-hybridized carbons (Fsp3) is 0.160. The first-order valence-corrected chi connectivity index (χ1v) is 9.84. The number of ether oxygens (including phenoxy) is 1. The van der Waals surface area contributed by atoms with Gasteiger partial charge in [0, 0.05) is 29.6 Å². The van der Waals surface area contributed by atoms with Crippen LogP contribution in [-0.4, -0.2) is 29.8 Å². The third-order valence-corrected chi connectivity index (χ3v) is 5.31. The van der Waals surface area contributed by atoms with Crippen LogP contribution in [0.2, 0.25) is 0 Å². The van der Waals surface area contributed by atoms with E-state index in [4.69, 9.17) is 4.74 Å². The molecular weight excluding hydrogens is 376 g/mol. The summed E-state index contributed by atoms with van der Waals surface area (Å²) in [6, 6.07) is 23.6. The van der Waals surface area contributed by atoms with Crippen molar-refractivity contribution in [2.45, 2.75) is 13.1 Å². The van der Waals surface area contributed by atoms with Gasteiger partial charge < -0.3 is 19.7 Å². The number of rotatable bonds is 7. The Kier molecular flexibility index (Phi) is 5.55. The van der Waals surface area contributed by atoms with Crippen LogP contribution in [0.4, 0.5) is 0 Å². The van der Waals surface area contributed by atoms with E-state index in [2.05, 4.69) is 5.32 Å². The number of carboxylic acid groups (broad SMARTS) is 1. The van der Waals surface area contributed by atoms with Gasteiger partial charge in [0.2, 0.25) is 0 Å². The number of carboxylic acids is 1. The predicted molar refractivity (Wildman–Crippen MR) is 119 cm³/mol. The molecule has 30 heavy (non-hydrogen) atoms. The van der Waals surface area contributed by atoms with Crippen LogP contribution < -0.4 is 10.1 Å². The minimum absolute atomic E-state index is 0.283. The maximum atomic E-state index is 12.5. The number of carbonyl (C=O) groups is 1. The molecule has 0 bridgehead atoms. The van der Waals surface area contributed by atoms with E-state index >= 15 is 0 Å². The standard InChI is InChI=1S/C25H24N2O3/c1-26-15-18-10-6-7-11-20(18)23-21-14-19(30-2)12-13-22(21)27(24(23)25(28)29)16-17-8-4-3-5-9-17/h3-14,26H,15-16H2,1-2H3,(H,28,29). The molecule has 0 aliphatic heterocycles. The van der Waals surface area contributed by atoms with Gasteiger partial charge in [0.15, 0.2) is 0 Å². The molecule has 5 heteroatoms. The molecule has 0 aliphatic carbocycles. The monoisotopic (exact) mass is 400 g/mol. The van der Waals surface area contributed by atoms with Gasteiger partial charge in [-0.15, -0.1) is 0 Å². The van der Waals surface area contributed by atoms with Crippen LogP contribution >= 0.6 is 0 Å². The highest BCUT2D eigenvalue weighted by molar-refractivity contribution is 6.09. The lowest BCUT2D eigenvalue weighted by molar-refractivity contribution is 0.0687. The number of hydrogen-bond donors (Lipinski definition) is 2. The maximum absolute atomic E-state index is 12.5. The van der Waals surface area contributed by atoms with Crippen molar-refractivity contribution in [3.05, 3.63) is 89.6 Å². The summed E-state index contributed by atoms with van der Waals surface area (Å²) in [5.74, 6) is -0.251. The molecule has 0 atom stereocenters. The predicted octanol–water partition coefficient (Wildman–Crippen LogP) is 4.78. The molecule has 0 radical (unpaired) electrons. The molecule has 152 valence electrons. The molecule has 4 rings (SSSR count). The number of benzene rings is 3. The van der Waals surface area contributed by atoms with E-state index in [0.717, 1.165) is 33.2 Å². The van der Waals surface area contributed by atoms with Crippen molar-refractivity contribution in [1.82, 2.24) is 9.88 Å². The fourth-order valence-electron chi connectivity index (χ4n) is 3.99. The topological polar surface area (TPSA) is 63.5 Å². The zero-order valence-electron chi connectivity index (χ0n) is 17.1. The lowest BCUT2D eigenvalue weighted by Gasteiger charge is -2.12. The van der Waals surface area contributed by atoms with Crippen LogP contribution in [-0.2, 0) is 13.1 Å². The molecule has 3 aromatic carbocycles. The van der Waals surface area contributed by atoms with Crippen molar-refractivity contribution >= 4 is 16.9 Å². The van der Waals surface area contributed by atoms with Crippen LogP contribution in [0.15, 0.2) is 72.8 Å². The molecule has 0 saturated heterocycles. The first kappa shape index (κ1) is 19.7. The summed E-state index contributed by atoms with van der Waals surface area (Å²) in [6.45, 7) is 1.12. The highest BCUT2D eigenvalue weighted by Gasteiger charge is 2.25. The SMILES string of the molecule is CNCc1ccccc1-c1c(C(=O)O)n(Cc2ccccc2)c2ccc(OC)cc12. The zero-order valence-corrected chi connectivity index (χ0v) is 17.1. The van der Waals surface area contributed by atoms with Gasteiger partial charge in [0.25, 0.3) is 0 Å². The molecule has 1 heterocycles. The van der Waals surface area contributed by atoms with Gasteiger partial charge in [-0.25, -0.2) is 4.79 Å². The average Bonchev–Trinajstić information content (AvgIpc) is 3.08. The maximum Gasteiger partial charge on any atom is 0.353 e. The van der Waals surface area contributed by atoms with E-state index in [1.165, 1.54) is 0 Å². The number of nitrogens with zero attached hydrogens (tertiary/aromatic N) is 1. The fourth-order valence-corrected chi connectivity index (χ4v) is 3.99. The van der Waals surface area contributed by atoms with Gasteiger partial charge in [0.05, 0.1) is 7.11 Å². The van der Waals surface area contributed by atoms with Gasteiger partial charge in [-0.05, 0) is 41.9 Å². The van der Waals surface area contributed by atoms with E-state index in [-0.39, 0.29) is 5.69 Å². The zero-order chi connectivity index (χ0) is 21.1. The third kappa shape index (κ3) is 3.55. The van der Waals surface area contributed by atoms with E-state index in [9.17, 15) is 9.90 Å². The molecule has 5 nitrogen and oxygen atoms in total. The van der Waals surface area contributed by atoms with Crippen molar-refractivity contribution < 1.29 is 14.6 Å². The Bertz CT molecular complexity index is 1200. The molecule has 0 aliphatic rings. The largest absolute Gasteiger partial charge is 0.497 e. The summed E-state index contributed by atoms with van der Waals surface area (Å²) < 4.78 is 7.34. The second kappa shape index (κ2) is 8.43. The Hall–Kier alpha value is -3.57. The molecule has 0 unspecified atom stereocenters. The second-order valence-corrected chi connectivity index (χ2v) is 7.17. The minimum Gasteiger partial charge on any atom is -0.497 e. The second-order valence-electron chi connectivity index (χ2n) is 7.17. The van der Waals surface area contributed by atoms with Crippen LogP contribution in [0.1, 0.15) is 21.6 Å². The van der Waals surface area contributed by atoms with Crippen LogP contribution in [0.25, 0.3) is 22.0 Å². The summed E-state index contributed by atoms with van der Waals surface area (Å²) >= 11 is 0.